The lowest BCUT2D eigenvalue weighted by Gasteiger charge is -2.72. The van der Waals surface area contributed by atoms with Gasteiger partial charge in [-0.1, -0.05) is 78.8 Å². The van der Waals surface area contributed by atoms with Gasteiger partial charge in [0.05, 0.1) is 16.9 Å². The van der Waals surface area contributed by atoms with Crippen molar-refractivity contribution in [2.75, 3.05) is 0 Å². The zero-order valence-corrected chi connectivity index (χ0v) is 31.1. The number of carboxylic acid groups (broad SMARTS) is 2. The van der Waals surface area contributed by atoms with Crippen molar-refractivity contribution in [3.8, 4) is 0 Å². The molecule has 5 aliphatic carbocycles. The minimum Gasteiger partial charge on any atom is -0.481 e. The Balaban J connectivity index is 1.34. The third-order valence-corrected chi connectivity index (χ3v) is 15.9. The number of aliphatic carboxylic acids is 1. The van der Waals surface area contributed by atoms with E-state index in [1.165, 1.54) is 17.4 Å². The zero-order valence-electron chi connectivity index (χ0n) is 31.1. The molecular weight excluding hydrogens is 610 g/mol. The summed E-state index contributed by atoms with van der Waals surface area (Å²) < 4.78 is 0. The van der Waals surface area contributed by atoms with Crippen LogP contribution >= 0.6 is 0 Å². The molecule has 4 saturated carbocycles. The highest BCUT2D eigenvalue weighted by Crippen LogP contribution is 2.77. The summed E-state index contributed by atoms with van der Waals surface area (Å²) in [5, 5.41) is 19.3. The molecule has 49 heavy (non-hydrogen) atoms. The van der Waals surface area contributed by atoms with Gasteiger partial charge in [0.25, 0.3) is 5.91 Å². The lowest BCUT2D eigenvalue weighted by molar-refractivity contribution is -0.224. The summed E-state index contributed by atoms with van der Waals surface area (Å²) in [5.41, 5.74) is 3.70. The molecule has 0 aliphatic heterocycles. The zero-order chi connectivity index (χ0) is 35.9. The van der Waals surface area contributed by atoms with Crippen LogP contribution in [0.4, 0.5) is 0 Å². The van der Waals surface area contributed by atoms with Gasteiger partial charge in [-0.3, -0.25) is 9.59 Å². The van der Waals surface area contributed by atoms with Gasteiger partial charge in [0.2, 0.25) is 0 Å². The first kappa shape index (κ1) is 35.8. The first-order valence-electron chi connectivity index (χ1n) is 18.9. The van der Waals surface area contributed by atoms with Crippen LogP contribution in [0.2, 0.25) is 0 Å². The van der Waals surface area contributed by atoms with E-state index in [-0.39, 0.29) is 45.3 Å². The Morgan fingerprint density at radius 3 is 2.14 bits per heavy atom. The quantitative estimate of drug-likeness (QED) is 0.222. The monoisotopic (exact) mass is 669 g/mol. The van der Waals surface area contributed by atoms with Crippen molar-refractivity contribution in [3.05, 3.63) is 53.6 Å². The standard InChI is InChI=1S/C43H59NO5/c1-25(2)29-16-21-43(38(49)44-24-30(26(3)4)37(47)48)23-22-41(8)32(35(29)43)14-15-34-40(7)19-17-31(27-10-12-28(13-11-27)36(45)46)39(5,6)33(40)18-20-42(34,41)9/h10-13,17,24,26,29-30,32-35H,1,14-16,18-23H2,2-9H3,(H,45,46)(H,47,48). The highest BCUT2D eigenvalue weighted by Gasteiger charge is 2.71. The molecule has 6 nitrogen and oxygen atoms in total. The number of amides is 1. The predicted octanol–water partition coefficient (Wildman–Crippen LogP) is 9.99. The summed E-state index contributed by atoms with van der Waals surface area (Å²) >= 11 is 0. The molecule has 0 bridgehead atoms. The van der Waals surface area contributed by atoms with E-state index in [1.54, 1.807) is 12.1 Å². The van der Waals surface area contributed by atoms with Crippen LogP contribution < -0.4 is 0 Å². The molecule has 0 aromatic heterocycles. The van der Waals surface area contributed by atoms with Crippen molar-refractivity contribution < 1.29 is 24.6 Å². The van der Waals surface area contributed by atoms with Crippen LogP contribution in [-0.2, 0) is 9.59 Å². The van der Waals surface area contributed by atoms with Gasteiger partial charge in [0.1, 0.15) is 0 Å². The number of benzene rings is 1. The number of aromatic carboxylic acids is 1. The number of hydrogen-bond donors (Lipinski definition) is 2. The summed E-state index contributed by atoms with van der Waals surface area (Å²) in [5.74, 6) is -0.906. The van der Waals surface area contributed by atoms with Crippen molar-refractivity contribution in [2.24, 2.45) is 73.5 Å². The van der Waals surface area contributed by atoms with Crippen molar-refractivity contribution in [1.29, 1.82) is 0 Å². The Morgan fingerprint density at radius 1 is 0.878 bits per heavy atom. The van der Waals surface area contributed by atoms with Crippen LogP contribution in [0, 0.1) is 68.5 Å². The summed E-state index contributed by atoms with van der Waals surface area (Å²) in [6.45, 7) is 22.9. The molecule has 1 amide bonds. The summed E-state index contributed by atoms with van der Waals surface area (Å²) in [7, 11) is 0. The van der Waals surface area contributed by atoms with Crippen LogP contribution in [0.3, 0.4) is 0 Å². The SMILES string of the molecule is C=C(C)C1CCC2(C(=O)N=CC(C(=O)O)C(C)C)CCC3(C)C(CCC4C5(C)CC=C(c6ccc(C(=O)O)cc6)C(C)(C)C5CCC43C)C12. The summed E-state index contributed by atoms with van der Waals surface area (Å²) in [6, 6.07) is 7.45. The molecule has 10 atom stereocenters. The average Bonchev–Trinajstić information content (AvgIpc) is 3.42. The largest absolute Gasteiger partial charge is 0.481 e. The molecule has 2 N–H and O–H groups in total. The van der Waals surface area contributed by atoms with Gasteiger partial charge in [-0.25, -0.2) is 9.79 Å². The number of carbonyl (C=O) groups is 3. The molecule has 6 rings (SSSR count). The number of carbonyl (C=O) groups excluding carboxylic acids is 1. The topological polar surface area (TPSA) is 104 Å². The lowest BCUT2D eigenvalue weighted by Crippen LogP contribution is -2.65. The number of hydrogen-bond acceptors (Lipinski definition) is 3. The van der Waals surface area contributed by atoms with Crippen molar-refractivity contribution in [1.82, 2.24) is 0 Å². The molecule has 5 aliphatic rings. The van der Waals surface area contributed by atoms with E-state index in [9.17, 15) is 24.6 Å². The number of rotatable bonds is 7. The Hall–Kier alpha value is -3.02. The molecule has 4 fully saturated rings. The van der Waals surface area contributed by atoms with Crippen molar-refractivity contribution in [3.63, 3.8) is 0 Å². The fourth-order valence-electron chi connectivity index (χ4n) is 13.2. The second-order valence-electron chi connectivity index (χ2n) is 18.5. The normalized spacial score (nSPS) is 40.0. The fourth-order valence-corrected chi connectivity index (χ4v) is 13.2. The number of carboxylic acids is 2. The Morgan fingerprint density at radius 2 is 1.55 bits per heavy atom. The first-order valence-corrected chi connectivity index (χ1v) is 18.9. The molecule has 266 valence electrons. The molecule has 10 unspecified atom stereocenters. The van der Waals surface area contributed by atoms with E-state index in [1.807, 2.05) is 26.0 Å². The fraction of sp³-hybridized carbons (Fsp3) is 0.674. The number of allylic oxidation sites excluding steroid dienone is 3. The summed E-state index contributed by atoms with van der Waals surface area (Å²) in [6.07, 6.45) is 13.1. The third-order valence-electron chi connectivity index (χ3n) is 15.9. The van der Waals surface area contributed by atoms with E-state index in [2.05, 4.69) is 59.2 Å². The maximum absolute atomic E-state index is 14.3. The molecule has 1 aromatic rings. The van der Waals surface area contributed by atoms with Gasteiger partial charge in [-0.05, 0) is 145 Å². The number of fused-ring (bicyclic) bond motifs is 7. The van der Waals surface area contributed by atoms with E-state index >= 15 is 0 Å². The Bertz CT molecular complexity index is 1600. The van der Waals surface area contributed by atoms with Gasteiger partial charge >= 0.3 is 11.9 Å². The minimum atomic E-state index is -0.928. The number of aliphatic imine (C=N–C) groups is 1. The molecule has 0 spiro atoms. The van der Waals surface area contributed by atoms with Crippen LogP contribution in [-0.4, -0.2) is 34.3 Å². The average molecular weight is 670 g/mol. The van der Waals surface area contributed by atoms with Gasteiger partial charge in [0.15, 0.2) is 0 Å². The number of nitrogens with zero attached hydrogens (tertiary/aromatic N) is 1. The van der Waals surface area contributed by atoms with Crippen molar-refractivity contribution in [2.45, 2.75) is 113 Å². The van der Waals surface area contributed by atoms with Gasteiger partial charge in [-0.2, -0.15) is 0 Å². The molecule has 1 aromatic carbocycles. The molecule has 0 radical (unpaired) electrons. The second kappa shape index (κ2) is 12.0. The molecule has 6 heteroatoms. The van der Waals surface area contributed by atoms with Crippen LogP contribution in [0.1, 0.15) is 129 Å². The van der Waals surface area contributed by atoms with E-state index < -0.39 is 23.3 Å². The van der Waals surface area contributed by atoms with Crippen LogP contribution in [0.15, 0.2) is 47.5 Å². The van der Waals surface area contributed by atoms with Gasteiger partial charge < -0.3 is 10.2 Å². The lowest BCUT2D eigenvalue weighted by atomic mass is 9.32. The summed E-state index contributed by atoms with van der Waals surface area (Å²) in [4.78, 5) is 42.3. The van der Waals surface area contributed by atoms with Gasteiger partial charge in [0, 0.05) is 6.21 Å². The molecule has 0 heterocycles. The minimum absolute atomic E-state index is 0.0523. The Kier molecular flexibility index (Phi) is 8.80. The van der Waals surface area contributed by atoms with Crippen LogP contribution in [0.5, 0.6) is 0 Å². The maximum atomic E-state index is 14.3. The van der Waals surface area contributed by atoms with E-state index in [0.717, 1.165) is 63.4 Å². The van der Waals surface area contributed by atoms with E-state index in [4.69, 9.17) is 0 Å². The highest BCUT2D eigenvalue weighted by molar-refractivity contribution is 5.97. The van der Waals surface area contributed by atoms with Crippen LogP contribution in [0.25, 0.3) is 5.57 Å². The Labute approximate surface area is 293 Å². The highest BCUT2D eigenvalue weighted by atomic mass is 16.4. The third kappa shape index (κ3) is 5.15. The first-order chi connectivity index (χ1) is 22.8. The molecular formula is C43H59NO5. The second-order valence-corrected chi connectivity index (χ2v) is 18.5. The van der Waals surface area contributed by atoms with Crippen molar-refractivity contribution >= 4 is 29.6 Å². The smallest absolute Gasteiger partial charge is 0.335 e. The maximum Gasteiger partial charge on any atom is 0.335 e. The van der Waals surface area contributed by atoms with Gasteiger partial charge in [-0.15, -0.1) is 0 Å². The predicted molar refractivity (Wildman–Crippen MR) is 195 cm³/mol. The molecule has 0 saturated heterocycles. The van der Waals surface area contributed by atoms with E-state index in [0.29, 0.717) is 23.3 Å².